The van der Waals surface area contributed by atoms with Gasteiger partial charge in [0.25, 0.3) is 0 Å². The molecule has 7 heteroatoms. The van der Waals surface area contributed by atoms with Gasteiger partial charge in [-0.2, -0.15) is 0 Å². The van der Waals surface area contributed by atoms with Gasteiger partial charge in [0.05, 0.1) is 27.9 Å². The molecule has 158 valence electrons. The molecule has 0 saturated carbocycles. The molecule has 7 nitrogen and oxygen atoms in total. The van der Waals surface area contributed by atoms with Gasteiger partial charge >= 0.3 is 0 Å². The quantitative estimate of drug-likeness (QED) is 0.497. The largest absolute Gasteiger partial charge is 0.497 e. The smallest absolute Gasteiger partial charge is 0.194 e. The van der Waals surface area contributed by atoms with Crippen LogP contribution in [0.4, 0.5) is 0 Å². The lowest BCUT2D eigenvalue weighted by Gasteiger charge is -2.23. The number of rotatable bonds is 9. The molecule has 0 aliphatic rings. The van der Waals surface area contributed by atoms with Crippen LogP contribution in [0.1, 0.15) is 24.2 Å². The predicted molar refractivity (Wildman–Crippen MR) is 115 cm³/mol. The van der Waals surface area contributed by atoms with Crippen LogP contribution in [0.15, 0.2) is 47.5 Å². The second-order valence-corrected chi connectivity index (χ2v) is 6.49. The monoisotopic (exact) mass is 401 g/mol. The van der Waals surface area contributed by atoms with E-state index in [1.165, 1.54) is 0 Å². The molecule has 1 unspecified atom stereocenters. The Kier molecular flexibility index (Phi) is 8.61. The Hall–Kier alpha value is -2.93. The number of hydrogen-bond donors (Lipinski definition) is 2. The summed E-state index contributed by atoms with van der Waals surface area (Å²) in [6.45, 7) is 3.53. The van der Waals surface area contributed by atoms with Crippen molar-refractivity contribution in [2.45, 2.75) is 19.6 Å². The van der Waals surface area contributed by atoms with Crippen LogP contribution in [0.5, 0.6) is 17.2 Å². The molecule has 0 spiro atoms. The fraction of sp³-hybridized carbons (Fsp3) is 0.409. The Morgan fingerprint density at radius 3 is 2.45 bits per heavy atom. The van der Waals surface area contributed by atoms with Crippen LogP contribution in [0.25, 0.3) is 0 Å². The molecule has 0 amide bonds. The molecule has 2 rings (SSSR count). The maximum atomic E-state index is 10.7. The van der Waals surface area contributed by atoms with Gasteiger partial charge in [0.2, 0.25) is 0 Å². The predicted octanol–water partition coefficient (Wildman–Crippen LogP) is 2.84. The number of ether oxygens (including phenoxy) is 3. The fourth-order valence-electron chi connectivity index (χ4n) is 3.00. The first-order chi connectivity index (χ1) is 14.0. The van der Waals surface area contributed by atoms with Crippen molar-refractivity contribution in [3.63, 3.8) is 0 Å². The van der Waals surface area contributed by atoms with Gasteiger partial charge in [-0.25, -0.2) is 0 Å². The van der Waals surface area contributed by atoms with Crippen molar-refractivity contribution in [2.24, 2.45) is 4.99 Å². The lowest BCUT2D eigenvalue weighted by molar-refractivity contribution is 0.181. The number of nitrogens with zero attached hydrogens (tertiary/aromatic N) is 2. The van der Waals surface area contributed by atoms with E-state index in [9.17, 15) is 5.11 Å². The summed E-state index contributed by atoms with van der Waals surface area (Å²) in [7, 11) is 6.78. The molecule has 2 aromatic carbocycles. The summed E-state index contributed by atoms with van der Waals surface area (Å²) in [6.07, 6.45) is -0.826. The Labute approximate surface area is 172 Å². The number of aliphatic imine (C=N–C) groups is 1. The Bertz CT molecular complexity index is 810. The molecule has 2 N–H and O–H groups in total. The standard InChI is InChI=1S/C22H31N3O4/c1-6-23-22(25(2)15-16-9-7-8-10-20(16)28-4)24-14-19(26)18-13-17(27-3)11-12-21(18)29-5/h7-13,19,26H,6,14-15H2,1-5H3,(H,23,24). The molecular formula is C22H31N3O4. The van der Waals surface area contributed by atoms with Crippen molar-refractivity contribution in [2.75, 3.05) is 41.5 Å². The molecular weight excluding hydrogens is 370 g/mol. The number of aliphatic hydroxyl groups excluding tert-OH is 1. The molecule has 0 bridgehead atoms. The Morgan fingerprint density at radius 1 is 1.07 bits per heavy atom. The lowest BCUT2D eigenvalue weighted by atomic mass is 10.1. The third-order valence-corrected chi connectivity index (χ3v) is 4.51. The highest BCUT2D eigenvalue weighted by atomic mass is 16.5. The van der Waals surface area contributed by atoms with Crippen LogP contribution in [0, 0.1) is 0 Å². The summed E-state index contributed by atoms with van der Waals surface area (Å²) in [5.74, 6) is 2.78. The van der Waals surface area contributed by atoms with E-state index < -0.39 is 6.10 Å². The van der Waals surface area contributed by atoms with Crippen molar-refractivity contribution in [1.82, 2.24) is 10.2 Å². The normalized spacial score (nSPS) is 12.3. The Balaban J connectivity index is 2.17. The van der Waals surface area contributed by atoms with Gasteiger partial charge < -0.3 is 29.5 Å². The fourth-order valence-corrected chi connectivity index (χ4v) is 3.00. The second kappa shape index (κ2) is 11.2. The van der Waals surface area contributed by atoms with Crippen molar-refractivity contribution in [3.8, 4) is 17.2 Å². The molecule has 29 heavy (non-hydrogen) atoms. The number of methoxy groups -OCH3 is 3. The molecule has 0 aliphatic heterocycles. The van der Waals surface area contributed by atoms with Crippen LogP contribution in [0.2, 0.25) is 0 Å². The average molecular weight is 402 g/mol. The highest BCUT2D eigenvalue weighted by molar-refractivity contribution is 5.79. The Morgan fingerprint density at radius 2 is 1.79 bits per heavy atom. The second-order valence-electron chi connectivity index (χ2n) is 6.49. The van der Waals surface area contributed by atoms with E-state index in [4.69, 9.17) is 14.2 Å². The maximum absolute atomic E-state index is 10.7. The summed E-state index contributed by atoms with van der Waals surface area (Å²) < 4.78 is 16.1. The van der Waals surface area contributed by atoms with Crippen LogP contribution >= 0.6 is 0 Å². The average Bonchev–Trinajstić information content (AvgIpc) is 2.76. The first kappa shape index (κ1) is 22.4. The van der Waals surface area contributed by atoms with Crippen LogP contribution < -0.4 is 19.5 Å². The summed E-state index contributed by atoms with van der Waals surface area (Å²) in [4.78, 5) is 6.61. The van der Waals surface area contributed by atoms with Crippen molar-refractivity contribution in [3.05, 3.63) is 53.6 Å². The molecule has 2 aromatic rings. The third kappa shape index (κ3) is 6.02. The molecule has 0 fully saturated rings. The van der Waals surface area contributed by atoms with Gasteiger partial charge in [-0.3, -0.25) is 4.99 Å². The first-order valence-electron chi connectivity index (χ1n) is 9.55. The van der Waals surface area contributed by atoms with Gasteiger partial charge in [0.15, 0.2) is 5.96 Å². The van der Waals surface area contributed by atoms with E-state index in [-0.39, 0.29) is 6.54 Å². The molecule has 0 aromatic heterocycles. The summed E-state index contributed by atoms with van der Waals surface area (Å²) in [5.41, 5.74) is 1.69. The maximum Gasteiger partial charge on any atom is 0.194 e. The number of guanidine groups is 1. The van der Waals surface area contributed by atoms with E-state index in [0.29, 0.717) is 36.1 Å². The topological polar surface area (TPSA) is 75.6 Å². The summed E-state index contributed by atoms with van der Waals surface area (Å²) >= 11 is 0. The lowest BCUT2D eigenvalue weighted by Crippen LogP contribution is -2.38. The van der Waals surface area contributed by atoms with Gasteiger partial charge in [-0.1, -0.05) is 18.2 Å². The van der Waals surface area contributed by atoms with E-state index >= 15 is 0 Å². The highest BCUT2D eigenvalue weighted by Gasteiger charge is 2.16. The zero-order chi connectivity index (χ0) is 21.2. The van der Waals surface area contributed by atoms with E-state index in [2.05, 4.69) is 10.3 Å². The highest BCUT2D eigenvalue weighted by Crippen LogP contribution is 2.29. The molecule has 0 heterocycles. The number of para-hydroxylation sites is 1. The van der Waals surface area contributed by atoms with Crippen molar-refractivity contribution in [1.29, 1.82) is 0 Å². The summed E-state index contributed by atoms with van der Waals surface area (Å²) in [5, 5.41) is 14.0. The number of benzene rings is 2. The van der Waals surface area contributed by atoms with Gasteiger partial charge in [-0.15, -0.1) is 0 Å². The first-order valence-corrected chi connectivity index (χ1v) is 9.55. The van der Waals surface area contributed by atoms with Crippen LogP contribution in [0.3, 0.4) is 0 Å². The zero-order valence-corrected chi connectivity index (χ0v) is 17.8. The van der Waals surface area contributed by atoms with E-state index in [1.54, 1.807) is 39.5 Å². The minimum absolute atomic E-state index is 0.183. The van der Waals surface area contributed by atoms with Gasteiger partial charge in [0, 0.05) is 31.3 Å². The van der Waals surface area contributed by atoms with Gasteiger partial charge in [0.1, 0.15) is 23.4 Å². The number of nitrogens with one attached hydrogen (secondary N) is 1. The molecule has 0 saturated heterocycles. The SMILES string of the molecule is CCNC(=NCC(O)c1cc(OC)ccc1OC)N(C)Cc1ccccc1OC. The van der Waals surface area contributed by atoms with Gasteiger partial charge in [-0.05, 0) is 31.2 Å². The number of hydrogen-bond acceptors (Lipinski definition) is 5. The van der Waals surface area contributed by atoms with Crippen LogP contribution in [-0.2, 0) is 6.54 Å². The minimum Gasteiger partial charge on any atom is -0.497 e. The number of aliphatic hydroxyl groups is 1. The van der Waals surface area contributed by atoms with E-state index in [1.807, 2.05) is 43.1 Å². The van der Waals surface area contributed by atoms with Crippen molar-refractivity contribution < 1.29 is 19.3 Å². The molecule has 0 radical (unpaired) electrons. The zero-order valence-electron chi connectivity index (χ0n) is 17.8. The minimum atomic E-state index is -0.826. The van der Waals surface area contributed by atoms with Crippen molar-refractivity contribution >= 4 is 5.96 Å². The third-order valence-electron chi connectivity index (χ3n) is 4.51. The van der Waals surface area contributed by atoms with E-state index in [0.717, 1.165) is 11.3 Å². The summed E-state index contributed by atoms with van der Waals surface area (Å²) in [6, 6.07) is 13.2. The molecule has 1 atom stereocenters. The van der Waals surface area contributed by atoms with Crippen LogP contribution in [-0.4, -0.2) is 57.4 Å². The molecule has 0 aliphatic carbocycles.